The third-order valence-electron chi connectivity index (χ3n) is 3.12. The molecule has 0 heterocycles. The molecule has 0 bridgehead atoms. The number of carbonyl (C=O) groups is 1. The Bertz CT molecular complexity index is 638. The van der Waals surface area contributed by atoms with Gasteiger partial charge in [0.2, 0.25) is 0 Å². The fourth-order valence-corrected chi connectivity index (χ4v) is 2.26. The van der Waals surface area contributed by atoms with Gasteiger partial charge in [-0.25, -0.2) is 0 Å². The molecule has 2 aromatic carbocycles. The van der Waals surface area contributed by atoms with Crippen LogP contribution < -0.4 is 15.8 Å². The van der Waals surface area contributed by atoms with Gasteiger partial charge in [-0.05, 0) is 42.8 Å². The van der Waals surface area contributed by atoms with Gasteiger partial charge in [-0.2, -0.15) is 0 Å². The zero-order valence-corrected chi connectivity index (χ0v) is 12.6. The van der Waals surface area contributed by atoms with Crippen LogP contribution in [0.25, 0.3) is 0 Å². The largest absolute Gasteiger partial charge is 0.497 e. The molecule has 5 heteroatoms. The first-order valence-electron chi connectivity index (χ1n) is 6.50. The van der Waals surface area contributed by atoms with E-state index in [4.69, 9.17) is 22.1 Å². The van der Waals surface area contributed by atoms with Gasteiger partial charge in [-0.1, -0.05) is 23.7 Å². The molecule has 2 rings (SSSR count). The minimum Gasteiger partial charge on any atom is -0.497 e. The van der Waals surface area contributed by atoms with E-state index in [0.29, 0.717) is 16.3 Å². The van der Waals surface area contributed by atoms with E-state index in [2.05, 4.69) is 5.32 Å². The number of nitrogen functional groups attached to an aromatic ring is 1. The summed E-state index contributed by atoms with van der Waals surface area (Å²) in [5, 5.41) is 3.35. The topological polar surface area (TPSA) is 64.3 Å². The number of rotatable bonds is 4. The predicted molar refractivity (Wildman–Crippen MR) is 84.7 cm³/mol. The standard InChI is InChI=1S/C16H17ClN2O2/c1-10(11-4-3-5-15(8-11)21-2)19-16(20)12-6-13(17)9-14(18)7-12/h3-10H,18H2,1-2H3,(H,19,20)/t10-/m0/s1. The van der Waals surface area contributed by atoms with Crippen molar-refractivity contribution in [2.45, 2.75) is 13.0 Å². The zero-order chi connectivity index (χ0) is 15.4. The third kappa shape index (κ3) is 3.89. The van der Waals surface area contributed by atoms with Gasteiger partial charge in [0.25, 0.3) is 5.91 Å². The number of methoxy groups -OCH3 is 1. The van der Waals surface area contributed by atoms with E-state index in [0.717, 1.165) is 11.3 Å². The normalized spacial score (nSPS) is 11.8. The van der Waals surface area contributed by atoms with Gasteiger partial charge in [0.1, 0.15) is 5.75 Å². The summed E-state index contributed by atoms with van der Waals surface area (Å²) in [7, 11) is 1.61. The highest BCUT2D eigenvalue weighted by Gasteiger charge is 2.13. The number of amides is 1. The third-order valence-corrected chi connectivity index (χ3v) is 3.34. The number of nitrogens with one attached hydrogen (secondary N) is 1. The van der Waals surface area contributed by atoms with Crippen LogP contribution in [0.15, 0.2) is 42.5 Å². The maximum Gasteiger partial charge on any atom is 0.251 e. The first kappa shape index (κ1) is 15.2. The molecular weight excluding hydrogens is 288 g/mol. The molecule has 0 aromatic heterocycles. The number of carbonyl (C=O) groups excluding carboxylic acids is 1. The average Bonchev–Trinajstić information content (AvgIpc) is 2.46. The predicted octanol–water partition coefficient (Wildman–Crippen LogP) is 3.42. The van der Waals surface area contributed by atoms with Gasteiger partial charge in [0.15, 0.2) is 0 Å². The summed E-state index contributed by atoms with van der Waals surface area (Å²) in [4.78, 5) is 12.2. The lowest BCUT2D eigenvalue weighted by Crippen LogP contribution is -2.26. The zero-order valence-electron chi connectivity index (χ0n) is 11.9. The van der Waals surface area contributed by atoms with E-state index in [-0.39, 0.29) is 11.9 Å². The van der Waals surface area contributed by atoms with Gasteiger partial charge < -0.3 is 15.8 Å². The number of nitrogens with two attached hydrogens (primary N) is 1. The molecule has 21 heavy (non-hydrogen) atoms. The Balaban J connectivity index is 2.14. The van der Waals surface area contributed by atoms with Gasteiger partial charge in [0.05, 0.1) is 13.2 Å². The van der Waals surface area contributed by atoms with Crippen molar-refractivity contribution in [2.24, 2.45) is 0 Å². The first-order chi connectivity index (χ1) is 9.99. The van der Waals surface area contributed by atoms with Crippen molar-refractivity contribution in [1.29, 1.82) is 0 Å². The Labute approximate surface area is 128 Å². The van der Waals surface area contributed by atoms with Crippen LogP contribution in [0.1, 0.15) is 28.9 Å². The minimum atomic E-state index is -0.223. The highest BCUT2D eigenvalue weighted by molar-refractivity contribution is 6.31. The molecule has 0 aliphatic rings. The molecule has 0 saturated heterocycles. The molecule has 110 valence electrons. The quantitative estimate of drug-likeness (QED) is 0.851. The van der Waals surface area contributed by atoms with Crippen LogP contribution in [0.4, 0.5) is 5.69 Å². The highest BCUT2D eigenvalue weighted by atomic mass is 35.5. The SMILES string of the molecule is COc1cccc([C@H](C)NC(=O)c2cc(N)cc(Cl)c2)c1. The number of benzene rings is 2. The van der Waals surface area contributed by atoms with Gasteiger partial charge >= 0.3 is 0 Å². The first-order valence-corrected chi connectivity index (χ1v) is 6.88. The van der Waals surface area contributed by atoms with E-state index in [1.165, 1.54) is 0 Å². The van der Waals surface area contributed by atoms with E-state index in [1.807, 2.05) is 31.2 Å². The highest BCUT2D eigenvalue weighted by Crippen LogP contribution is 2.20. The Morgan fingerprint density at radius 2 is 2.05 bits per heavy atom. The van der Waals surface area contributed by atoms with Crippen molar-refractivity contribution >= 4 is 23.2 Å². The molecule has 0 aliphatic carbocycles. The number of ether oxygens (including phenoxy) is 1. The summed E-state index contributed by atoms with van der Waals surface area (Å²) in [5.41, 5.74) is 7.55. The molecule has 0 radical (unpaired) electrons. The fraction of sp³-hybridized carbons (Fsp3) is 0.188. The second-order valence-corrected chi connectivity index (χ2v) is 5.18. The van der Waals surface area contributed by atoms with Crippen LogP contribution >= 0.6 is 11.6 Å². The Morgan fingerprint density at radius 3 is 2.71 bits per heavy atom. The van der Waals surface area contributed by atoms with Gasteiger partial charge in [-0.15, -0.1) is 0 Å². The number of hydrogen-bond donors (Lipinski definition) is 2. The number of hydrogen-bond acceptors (Lipinski definition) is 3. The summed E-state index contributed by atoms with van der Waals surface area (Å²) in [6.45, 7) is 1.90. The molecule has 0 saturated carbocycles. The van der Waals surface area contributed by atoms with E-state index in [1.54, 1.807) is 25.3 Å². The maximum absolute atomic E-state index is 12.2. The summed E-state index contributed by atoms with van der Waals surface area (Å²) in [6.07, 6.45) is 0. The van der Waals surface area contributed by atoms with Crippen LogP contribution in [0.2, 0.25) is 5.02 Å². The molecule has 0 unspecified atom stereocenters. The van der Waals surface area contributed by atoms with E-state index < -0.39 is 0 Å². The molecule has 4 nitrogen and oxygen atoms in total. The van der Waals surface area contributed by atoms with Crippen LogP contribution in [0, 0.1) is 0 Å². The fourth-order valence-electron chi connectivity index (χ4n) is 2.02. The maximum atomic E-state index is 12.2. The second kappa shape index (κ2) is 6.50. The van der Waals surface area contributed by atoms with Gasteiger partial charge in [-0.3, -0.25) is 4.79 Å². The molecular formula is C16H17ClN2O2. The van der Waals surface area contributed by atoms with Crippen molar-refractivity contribution in [1.82, 2.24) is 5.32 Å². The van der Waals surface area contributed by atoms with Crippen LogP contribution in [-0.2, 0) is 0 Å². The van der Waals surface area contributed by atoms with Crippen LogP contribution in [0.3, 0.4) is 0 Å². The molecule has 1 amide bonds. The number of halogens is 1. The van der Waals surface area contributed by atoms with Crippen molar-refractivity contribution < 1.29 is 9.53 Å². The minimum absolute atomic E-state index is 0.159. The molecule has 0 fully saturated rings. The van der Waals surface area contributed by atoms with Crippen LogP contribution in [0.5, 0.6) is 5.75 Å². The molecule has 0 spiro atoms. The lowest BCUT2D eigenvalue weighted by molar-refractivity contribution is 0.0940. The van der Waals surface area contributed by atoms with Crippen molar-refractivity contribution in [3.8, 4) is 5.75 Å². The van der Waals surface area contributed by atoms with Crippen molar-refractivity contribution in [3.05, 3.63) is 58.6 Å². The molecule has 3 N–H and O–H groups in total. The Kier molecular flexibility index (Phi) is 4.70. The van der Waals surface area contributed by atoms with Crippen LogP contribution in [-0.4, -0.2) is 13.0 Å². The van der Waals surface area contributed by atoms with Crippen molar-refractivity contribution in [3.63, 3.8) is 0 Å². The Morgan fingerprint density at radius 1 is 1.29 bits per heavy atom. The summed E-state index contributed by atoms with van der Waals surface area (Å²) >= 11 is 5.91. The molecule has 2 aromatic rings. The monoisotopic (exact) mass is 304 g/mol. The van der Waals surface area contributed by atoms with Gasteiger partial charge in [0, 0.05) is 16.3 Å². The van der Waals surface area contributed by atoms with E-state index in [9.17, 15) is 4.79 Å². The molecule has 0 aliphatic heterocycles. The summed E-state index contributed by atoms with van der Waals surface area (Å²) in [5.74, 6) is 0.528. The second-order valence-electron chi connectivity index (χ2n) is 4.75. The van der Waals surface area contributed by atoms with Crippen molar-refractivity contribution in [2.75, 3.05) is 12.8 Å². The average molecular weight is 305 g/mol. The summed E-state index contributed by atoms with van der Waals surface area (Å²) in [6, 6.07) is 12.2. The lowest BCUT2D eigenvalue weighted by atomic mass is 10.1. The van der Waals surface area contributed by atoms with E-state index >= 15 is 0 Å². The lowest BCUT2D eigenvalue weighted by Gasteiger charge is -2.15. The smallest absolute Gasteiger partial charge is 0.251 e. The number of anilines is 1. The Hall–Kier alpha value is -2.20. The summed E-state index contributed by atoms with van der Waals surface area (Å²) < 4.78 is 5.18. The molecule has 1 atom stereocenters.